The third-order valence-corrected chi connectivity index (χ3v) is 4.65. The molecule has 0 saturated heterocycles. The number of carbonyl (C=O) groups excluding carboxylic acids is 1. The molecule has 0 heterocycles. The molecule has 15 heavy (non-hydrogen) atoms. The van der Waals surface area contributed by atoms with Crippen molar-refractivity contribution in [2.75, 3.05) is 7.11 Å². The molecule has 0 radical (unpaired) electrons. The van der Waals surface area contributed by atoms with E-state index in [4.69, 9.17) is 4.74 Å². The van der Waals surface area contributed by atoms with E-state index >= 15 is 0 Å². The topological polar surface area (TPSA) is 46.5 Å². The highest BCUT2D eigenvalue weighted by Gasteiger charge is 2.60. The summed E-state index contributed by atoms with van der Waals surface area (Å²) in [6.07, 6.45) is 5.54. The number of ether oxygens (including phenoxy) is 1. The molecule has 0 amide bonds. The van der Waals surface area contributed by atoms with Gasteiger partial charge in [-0.3, -0.25) is 4.79 Å². The lowest BCUT2D eigenvalue weighted by molar-refractivity contribution is -0.193. The molecule has 0 aromatic heterocycles. The van der Waals surface area contributed by atoms with Gasteiger partial charge >= 0.3 is 5.97 Å². The molecule has 84 valence electrons. The third kappa shape index (κ3) is 1.25. The van der Waals surface area contributed by atoms with Crippen molar-refractivity contribution in [2.24, 2.45) is 17.3 Å². The van der Waals surface area contributed by atoms with Crippen LogP contribution in [-0.4, -0.2) is 23.8 Å². The highest BCUT2D eigenvalue weighted by Crippen LogP contribution is 2.61. The molecule has 2 unspecified atom stereocenters. The summed E-state index contributed by atoms with van der Waals surface area (Å²) in [6, 6.07) is 0. The fourth-order valence-electron chi connectivity index (χ4n) is 4.67. The number of aliphatic hydroxyl groups is 1. The molecule has 3 nitrogen and oxygen atoms in total. The van der Waals surface area contributed by atoms with Gasteiger partial charge in [-0.1, -0.05) is 0 Å². The standard InChI is InChI=1S/C12H18O3/c1-15-10(13)11-3-8-2-9(4-11)6-12(14,5-8)7-11/h8-9,14H,2-7H2,1H3. The summed E-state index contributed by atoms with van der Waals surface area (Å²) in [4.78, 5) is 11.9. The summed E-state index contributed by atoms with van der Waals surface area (Å²) < 4.78 is 4.93. The minimum absolute atomic E-state index is 0.0879. The van der Waals surface area contributed by atoms with E-state index < -0.39 is 5.60 Å². The van der Waals surface area contributed by atoms with E-state index in [9.17, 15) is 9.90 Å². The second-order valence-corrected chi connectivity index (χ2v) is 5.96. The zero-order chi connectivity index (χ0) is 10.7. The monoisotopic (exact) mass is 210 g/mol. The minimum Gasteiger partial charge on any atom is -0.469 e. The first-order chi connectivity index (χ1) is 7.05. The minimum atomic E-state index is -0.557. The van der Waals surface area contributed by atoms with E-state index in [0.717, 1.165) is 25.7 Å². The molecule has 0 aromatic rings. The Morgan fingerprint density at radius 2 is 1.87 bits per heavy atom. The summed E-state index contributed by atoms with van der Waals surface area (Å²) in [5.74, 6) is 1.01. The molecule has 2 atom stereocenters. The highest BCUT2D eigenvalue weighted by atomic mass is 16.5. The zero-order valence-electron chi connectivity index (χ0n) is 9.16. The quantitative estimate of drug-likeness (QED) is 0.667. The molecule has 4 fully saturated rings. The Kier molecular flexibility index (Phi) is 1.77. The van der Waals surface area contributed by atoms with Crippen LogP contribution in [0.1, 0.15) is 38.5 Å². The summed E-state index contributed by atoms with van der Waals surface area (Å²) in [5, 5.41) is 10.4. The van der Waals surface area contributed by atoms with Crippen molar-refractivity contribution < 1.29 is 14.6 Å². The maximum atomic E-state index is 11.9. The molecule has 4 saturated carbocycles. The van der Waals surface area contributed by atoms with Crippen LogP contribution in [0.15, 0.2) is 0 Å². The number of carbonyl (C=O) groups is 1. The normalized spacial score (nSPS) is 51.9. The summed E-state index contributed by atoms with van der Waals surface area (Å²) in [7, 11) is 1.46. The number of hydrogen-bond donors (Lipinski definition) is 1. The second-order valence-electron chi connectivity index (χ2n) is 5.96. The first kappa shape index (κ1) is 9.64. The Morgan fingerprint density at radius 3 is 2.33 bits per heavy atom. The third-order valence-electron chi connectivity index (χ3n) is 4.65. The molecule has 1 N–H and O–H groups in total. The Labute approximate surface area is 89.8 Å². The van der Waals surface area contributed by atoms with E-state index in [0.29, 0.717) is 18.3 Å². The maximum absolute atomic E-state index is 11.9. The first-order valence-corrected chi connectivity index (χ1v) is 5.86. The molecule has 0 aromatic carbocycles. The van der Waals surface area contributed by atoms with E-state index in [2.05, 4.69) is 0 Å². The Hall–Kier alpha value is -0.570. The van der Waals surface area contributed by atoms with Crippen LogP contribution in [0.25, 0.3) is 0 Å². The Balaban J connectivity index is 1.96. The predicted molar refractivity (Wildman–Crippen MR) is 54.1 cm³/mol. The second kappa shape index (κ2) is 2.76. The van der Waals surface area contributed by atoms with Crippen molar-refractivity contribution in [3.63, 3.8) is 0 Å². The van der Waals surface area contributed by atoms with Crippen LogP contribution in [0.4, 0.5) is 0 Å². The van der Waals surface area contributed by atoms with Gasteiger partial charge < -0.3 is 9.84 Å². The molecule has 4 aliphatic rings. The smallest absolute Gasteiger partial charge is 0.311 e. The molecule has 4 rings (SSSR count). The number of esters is 1. The van der Waals surface area contributed by atoms with Gasteiger partial charge in [-0.2, -0.15) is 0 Å². The lowest BCUT2D eigenvalue weighted by Gasteiger charge is -2.58. The van der Waals surface area contributed by atoms with Gasteiger partial charge in [0, 0.05) is 0 Å². The largest absolute Gasteiger partial charge is 0.469 e. The predicted octanol–water partition coefficient (Wildman–Crippen LogP) is 1.49. The fraction of sp³-hybridized carbons (Fsp3) is 0.917. The van der Waals surface area contributed by atoms with Crippen molar-refractivity contribution >= 4 is 5.97 Å². The number of methoxy groups -OCH3 is 1. The van der Waals surface area contributed by atoms with E-state index in [1.807, 2.05) is 0 Å². The molecule has 4 bridgehead atoms. The lowest BCUT2D eigenvalue weighted by Crippen LogP contribution is -2.58. The molecular formula is C12H18O3. The van der Waals surface area contributed by atoms with Crippen LogP contribution in [0, 0.1) is 17.3 Å². The van der Waals surface area contributed by atoms with Gasteiger partial charge in [0.15, 0.2) is 0 Å². The van der Waals surface area contributed by atoms with Crippen molar-refractivity contribution in [3.05, 3.63) is 0 Å². The van der Waals surface area contributed by atoms with Crippen LogP contribution >= 0.6 is 0 Å². The molecule has 3 heteroatoms. The van der Waals surface area contributed by atoms with Gasteiger partial charge in [-0.15, -0.1) is 0 Å². The van der Waals surface area contributed by atoms with Crippen molar-refractivity contribution in [1.82, 2.24) is 0 Å². The summed E-state index contributed by atoms with van der Waals surface area (Å²) >= 11 is 0. The molecular weight excluding hydrogens is 192 g/mol. The SMILES string of the molecule is COC(=O)C12CC3CC(CC(O)(C3)C1)C2. The van der Waals surface area contributed by atoms with Gasteiger partial charge in [0.05, 0.1) is 18.1 Å². The fourth-order valence-corrected chi connectivity index (χ4v) is 4.67. The number of hydrogen-bond acceptors (Lipinski definition) is 3. The van der Waals surface area contributed by atoms with Gasteiger partial charge in [0.2, 0.25) is 0 Å². The van der Waals surface area contributed by atoms with Crippen molar-refractivity contribution in [3.8, 4) is 0 Å². The molecule has 0 aliphatic heterocycles. The van der Waals surface area contributed by atoms with E-state index in [-0.39, 0.29) is 11.4 Å². The Morgan fingerprint density at radius 1 is 1.27 bits per heavy atom. The van der Waals surface area contributed by atoms with Gasteiger partial charge in [-0.05, 0) is 50.4 Å². The van der Waals surface area contributed by atoms with Crippen LogP contribution < -0.4 is 0 Å². The lowest BCUT2D eigenvalue weighted by atomic mass is 9.48. The average Bonchev–Trinajstić information content (AvgIpc) is 2.12. The summed E-state index contributed by atoms with van der Waals surface area (Å²) in [5.41, 5.74) is -0.897. The van der Waals surface area contributed by atoms with Crippen molar-refractivity contribution in [1.29, 1.82) is 0 Å². The van der Waals surface area contributed by atoms with E-state index in [1.54, 1.807) is 0 Å². The maximum Gasteiger partial charge on any atom is 0.311 e. The van der Waals surface area contributed by atoms with Crippen LogP contribution in [0.3, 0.4) is 0 Å². The molecule has 4 aliphatic carbocycles. The van der Waals surface area contributed by atoms with Crippen LogP contribution in [-0.2, 0) is 9.53 Å². The zero-order valence-corrected chi connectivity index (χ0v) is 9.16. The molecule has 0 spiro atoms. The highest BCUT2D eigenvalue weighted by molar-refractivity contribution is 5.77. The van der Waals surface area contributed by atoms with Crippen molar-refractivity contribution in [2.45, 2.75) is 44.1 Å². The first-order valence-electron chi connectivity index (χ1n) is 5.86. The van der Waals surface area contributed by atoms with Gasteiger partial charge in [0.25, 0.3) is 0 Å². The van der Waals surface area contributed by atoms with Crippen LogP contribution in [0.5, 0.6) is 0 Å². The summed E-state index contributed by atoms with van der Waals surface area (Å²) in [6.45, 7) is 0. The van der Waals surface area contributed by atoms with Crippen LogP contribution in [0.2, 0.25) is 0 Å². The van der Waals surface area contributed by atoms with E-state index in [1.165, 1.54) is 13.5 Å². The Bertz CT molecular complexity index is 296. The van der Waals surface area contributed by atoms with Gasteiger partial charge in [0.1, 0.15) is 0 Å². The number of rotatable bonds is 1. The average molecular weight is 210 g/mol. The van der Waals surface area contributed by atoms with Gasteiger partial charge in [-0.25, -0.2) is 0 Å².